The van der Waals surface area contributed by atoms with Gasteiger partial charge in [-0.15, -0.1) is 0 Å². The maximum atomic E-state index is 12.0. The molecule has 0 aromatic heterocycles. The third kappa shape index (κ3) is 2.69. The van der Waals surface area contributed by atoms with Gasteiger partial charge in [-0.3, -0.25) is 4.79 Å². The lowest BCUT2D eigenvalue weighted by Crippen LogP contribution is -2.64. The highest BCUT2D eigenvalue weighted by atomic mass is 16.5. The molecule has 1 saturated carbocycles. The molecule has 2 aliphatic rings. The summed E-state index contributed by atoms with van der Waals surface area (Å²) in [6.07, 6.45) is 7.16. The van der Waals surface area contributed by atoms with Gasteiger partial charge in [-0.1, -0.05) is 19.8 Å². The quantitative estimate of drug-likeness (QED) is 0.803. The van der Waals surface area contributed by atoms with Gasteiger partial charge in [0.2, 0.25) is 5.91 Å². The van der Waals surface area contributed by atoms with Crippen molar-refractivity contribution < 1.29 is 9.53 Å². The number of amides is 1. The number of carbonyl (C=O) groups excluding carboxylic acids is 1. The molecule has 1 aliphatic carbocycles. The molecule has 2 rings (SSSR count). The van der Waals surface area contributed by atoms with Crippen molar-refractivity contribution in [1.82, 2.24) is 5.32 Å². The lowest BCUT2D eigenvalue weighted by atomic mass is 9.78. The minimum absolute atomic E-state index is 0.211. The predicted molar refractivity (Wildman–Crippen MR) is 71.2 cm³/mol. The van der Waals surface area contributed by atoms with Gasteiger partial charge in [-0.05, 0) is 32.6 Å². The Balaban J connectivity index is 2.12. The molecule has 0 spiro atoms. The van der Waals surface area contributed by atoms with E-state index in [0.717, 1.165) is 6.42 Å². The number of nitrogens with one attached hydrogen (secondary N) is 1. The SMILES string of the molecule is CCC1(C)CC(NC2CCCC2)(C(N)=O)CCO1. The second-order valence-corrected chi connectivity index (χ2v) is 6.15. The van der Waals surface area contributed by atoms with Crippen molar-refractivity contribution >= 4 is 5.91 Å². The number of carbonyl (C=O) groups is 1. The molecule has 1 amide bonds. The summed E-state index contributed by atoms with van der Waals surface area (Å²) >= 11 is 0. The molecule has 4 nitrogen and oxygen atoms in total. The summed E-state index contributed by atoms with van der Waals surface area (Å²) in [6.45, 7) is 4.81. The van der Waals surface area contributed by atoms with E-state index in [1.54, 1.807) is 0 Å². The molecule has 0 bridgehead atoms. The van der Waals surface area contributed by atoms with Crippen LogP contribution in [-0.4, -0.2) is 29.7 Å². The van der Waals surface area contributed by atoms with Crippen molar-refractivity contribution in [3.05, 3.63) is 0 Å². The molecule has 1 aliphatic heterocycles. The van der Waals surface area contributed by atoms with Crippen molar-refractivity contribution in [3.8, 4) is 0 Å². The number of nitrogens with two attached hydrogens (primary N) is 1. The molecule has 18 heavy (non-hydrogen) atoms. The molecular weight excluding hydrogens is 228 g/mol. The molecule has 0 aromatic carbocycles. The van der Waals surface area contributed by atoms with E-state index >= 15 is 0 Å². The van der Waals surface area contributed by atoms with Gasteiger partial charge >= 0.3 is 0 Å². The summed E-state index contributed by atoms with van der Waals surface area (Å²) in [5.41, 5.74) is 4.92. The first-order chi connectivity index (χ1) is 8.50. The summed E-state index contributed by atoms with van der Waals surface area (Å²) in [6, 6.07) is 0.455. The molecule has 1 heterocycles. The van der Waals surface area contributed by atoms with Gasteiger partial charge in [-0.2, -0.15) is 0 Å². The van der Waals surface area contributed by atoms with Gasteiger partial charge in [0, 0.05) is 19.1 Å². The van der Waals surface area contributed by atoms with Gasteiger partial charge in [0.15, 0.2) is 0 Å². The van der Waals surface area contributed by atoms with E-state index in [-0.39, 0.29) is 11.5 Å². The second-order valence-electron chi connectivity index (χ2n) is 6.15. The minimum atomic E-state index is -0.558. The summed E-state index contributed by atoms with van der Waals surface area (Å²) in [4.78, 5) is 12.0. The van der Waals surface area contributed by atoms with Gasteiger partial charge in [0.25, 0.3) is 0 Å². The average Bonchev–Trinajstić information content (AvgIpc) is 2.81. The maximum absolute atomic E-state index is 12.0. The second kappa shape index (κ2) is 5.17. The molecule has 2 fully saturated rings. The van der Waals surface area contributed by atoms with Crippen LogP contribution in [0.25, 0.3) is 0 Å². The Morgan fingerprint density at radius 2 is 2.11 bits per heavy atom. The molecule has 2 unspecified atom stereocenters. The Morgan fingerprint density at radius 3 is 2.67 bits per heavy atom. The van der Waals surface area contributed by atoms with Crippen LogP contribution in [0.3, 0.4) is 0 Å². The highest BCUT2D eigenvalue weighted by molar-refractivity contribution is 5.85. The van der Waals surface area contributed by atoms with Gasteiger partial charge in [0.05, 0.1) is 5.60 Å². The van der Waals surface area contributed by atoms with Gasteiger partial charge < -0.3 is 15.8 Å². The van der Waals surface area contributed by atoms with E-state index in [1.807, 2.05) is 0 Å². The summed E-state index contributed by atoms with van der Waals surface area (Å²) in [5.74, 6) is -0.211. The van der Waals surface area contributed by atoms with Crippen molar-refractivity contribution in [3.63, 3.8) is 0 Å². The Kier molecular flexibility index (Phi) is 3.97. The van der Waals surface area contributed by atoms with Crippen LogP contribution in [0.4, 0.5) is 0 Å². The molecule has 3 N–H and O–H groups in total. The zero-order valence-electron chi connectivity index (χ0n) is 11.6. The monoisotopic (exact) mass is 254 g/mol. The number of rotatable bonds is 4. The fraction of sp³-hybridized carbons (Fsp3) is 0.929. The van der Waals surface area contributed by atoms with Gasteiger partial charge in [-0.25, -0.2) is 0 Å². The van der Waals surface area contributed by atoms with Crippen LogP contribution in [0.2, 0.25) is 0 Å². The minimum Gasteiger partial charge on any atom is -0.375 e. The molecule has 1 saturated heterocycles. The van der Waals surface area contributed by atoms with E-state index in [1.165, 1.54) is 25.7 Å². The average molecular weight is 254 g/mol. The summed E-state index contributed by atoms with van der Waals surface area (Å²) < 4.78 is 5.84. The van der Waals surface area contributed by atoms with Gasteiger partial charge in [0.1, 0.15) is 5.54 Å². The number of hydrogen-bond acceptors (Lipinski definition) is 3. The normalized spacial score (nSPS) is 37.9. The van der Waals surface area contributed by atoms with E-state index in [2.05, 4.69) is 19.2 Å². The van der Waals surface area contributed by atoms with Crippen LogP contribution in [0.1, 0.15) is 58.8 Å². The first-order valence-electron chi connectivity index (χ1n) is 7.21. The topological polar surface area (TPSA) is 64.3 Å². The smallest absolute Gasteiger partial charge is 0.237 e. The first kappa shape index (κ1) is 13.8. The van der Waals surface area contributed by atoms with Crippen molar-refractivity contribution in [2.45, 2.75) is 76.0 Å². The summed E-state index contributed by atoms with van der Waals surface area (Å²) in [7, 11) is 0. The van der Waals surface area contributed by atoms with Crippen LogP contribution in [0, 0.1) is 0 Å². The Hall–Kier alpha value is -0.610. The predicted octanol–water partition coefficient (Wildman–Crippen LogP) is 1.72. The van der Waals surface area contributed by atoms with Crippen LogP contribution < -0.4 is 11.1 Å². The third-order valence-corrected chi connectivity index (χ3v) is 4.71. The van der Waals surface area contributed by atoms with Crippen molar-refractivity contribution in [2.24, 2.45) is 5.73 Å². The molecule has 4 heteroatoms. The van der Waals surface area contributed by atoms with Crippen LogP contribution in [-0.2, 0) is 9.53 Å². The van der Waals surface area contributed by atoms with E-state index in [9.17, 15) is 4.79 Å². The zero-order valence-corrected chi connectivity index (χ0v) is 11.6. The molecular formula is C14H26N2O2. The number of primary amides is 1. The highest BCUT2D eigenvalue weighted by Crippen LogP contribution is 2.36. The standard InChI is InChI=1S/C14H26N2O2/c1-3-13(2)10-14(12(15)17,8-9-18-13)16-11-6-4-5-7-11/h11,16H,3-10H2,1-2H3,(H2,15,17). The van der Waals surface area contributed by atoms with Crippen molar-refractivity contribution in [2.75, 3.05) is 6.61 Å². The number of hydrogen-bond donors (Lipinski definition) is 2. The molecule has 104 valence electrons. The zero-order chi connectivity index (χ0) is 13.2. The molecule has 0 radical (unpaired) electrons. The first-order valence-corrected chi connectivity index (χ1v) is 7.21. The fourth-order valence-electron chi connectivity index (χ4n) is 3.34. The lowest BCUT2D eigenvalue weighted by molar-refractivity contribution is -0.142. The van der Waals surface area contributed by atoms with Crippen LogP contribution >= 0.6 is 0 Å². The lowest BCUT2D eigenvalue weighted by Gasteiger charge is -2.46. The van der Waals surface area contributed by atoms with Crippen molar-refractivity contribution in [1.29, 1.82) is 0 Å². The molecule has 2 atom stereocenters. The van der Waals surface area contributed by atoms with E-state index < -0.39 is 5.54 Å². The number of ether oxygens (including phenoxy) is 1. The van der Waals surface area contributed by atoms with E-state index in [4.69, 9.17) is 10.5 Å². The third-order valence-electron chi connectivity index (χ3n) is 4.71. The van der Waals surface area contributed by atoms with E-state index in [0.29, 0.717) is 25.5 Å². The largest absolute Gasteiger partial charge is 0.375 e. The Bertz CT molecular complexity index is 315. The molecule has 0 aromatic rings. The van der Waals surface area contributed by atoms with Crippen LogP contribution in [0.15, 0.2) is 0 Å². The fourth-order valence-corrected chi connectivity index (χ4v) is 3.34. The Morgan fingerprint density at radius 1 is 1.44 bits per heavy atom. The van der Waals surface area contributed by atoms with Crippen LogP contribution in [0.5, 0.6) is 0 Å². The summed E-state index contributed by atoms with van der Waals surface area (Å²) in [5, 5.41) is 3.57. The Labute approximate surface area is 110 Å². The maximum Gasteiger partial charge on any atom is 0.237 e. The highest BCUT2D eigenvalue weighted by Gasteiger charge is 2.47.